The molecule has 1 N–H and O–H groups in total. The Labute approximate surface area is 189 Å². The Morgan fingerprint density at radius 3 is 2.81 bits per heavy atom. The first-order valence-electron chi connectivity index (χ1n) is 9.03. The van der Waals surface area contributed by atoms with E-state index in [2.05, 4.69) is 15.6 Å². The first-order valence-corrected chi connectivity index (χ1v) is 11.8. The lowest BCUT2D eigenvalue weighted by Crippen LogP contribution is -2.21. The van der Waals surface area contributed by atoms with E-state index in [1.165, 1.54) is 26.7 Å². The van der Waals surface area contributed by atoms with Crippen LogP contribution in [0.15, 0.2) is 70.6 Å². The van der Waals surface area contributed by atoms with E-state index in [-0.39, 0.29) is 18.0 Å². The Morgan fingerprint density at radius 1 is 1.26 bits per heavy atom. The maximum absolute atomic E-state index is 12.4. The molecule has 0 saturated heterocycles. The van der Waals surface area contributed by atoms with Gasteiger partial charge in [0, 0.05) is 18.3 Å². The van der Waals surface area contributed by atoms with Crippen LogP contribution < -0.4 is 10.9 Å². The van der Waals surface area contributed by atoms with Crippen LogP contribution in [0.3, 0.4) is 0 Å². The molecule has 0 aliphatic rings. The predicted octanol–water partition coefficient (Wildman–Crippen LogP) is 2.80. The van der Waals surface area contributed by atoms with Crippen molar-refractivity contribution in [2.24, 2.45) is 0 Å². The van der Waals surface area contributed by atoms with Crippen molar-refractivity contribution in [1.82, 2.24) is 24.9 Å². The zero-order chi connectivity index (χ0) is 22.0. The van der Waals surface area contributed by atoms with Crippen molar-refractivity contribution in [3.63, 3.8) is 0 Å². The maximum atomic E-state index is 12.4. The van der Waals surface area contributed by atoms with E-state index in [9.17, 15) is 14.1 Å². The van der Waals surface area contributed by atoms with Crippen molar-refractivity contribution in [2.45, 2.75) is 11.4 Å². The summed E-state index contributed by atoms with van der Waals surface area (Å²) in [5.74, 6) is -0.251. The topological polar surface area (TPSA) is 105 Å². The molecular weight excluding hydrogens is 458 g/mol. The van der Waals surface area contributed by atoms with Crippen molar-refractivity contribution in [3.8, 4) is 11.4 Å². The largest absolute Gasteiger partial charge is 0.612 e. The zero-order valence-corrected chi connectivity index (χ0v) is 18.6. The summed E-state index contributed by atoms with van der Waals surface area (Å²) >= 11 is 5.71. The Hall–Kier alpha value is -2.92. The van der Waals surface area contributed by atoms with Gasteiger partial charge >= 0.3 is 0 Å². The number of aromatic nitrogens is 4. The Kier molecular flexibility index (Phi) is 6.23. The van der Waals surface area contributed by atoms with Crippen LogP contribution in [0, 0.1) is 0 Å². The van der Waals surface area contributed by atoms with Gasteiger partial charge in [-0.05, 0) is 41.5 Å². The van der Waals surface area contributed by atoms with Gasteiger partial charge in [-0.25, -0.2) is 4.68 Å². The first-order chi connectivity index (χ1) is 14.9. The second-order valence-corrected chi connectivity index (χ2v) is 9.52. The standard InChI is InChI=1S/C20H16ClN5O3S2/c1-31(29)17-10-14(25-9-3-2-4-19(25)27)5-6-15(17)26-12-13(23-24-26)11-22-20(28)16-7-8-18(21)30-16/h2-10,12H,11H2,1H3,(H,22,28). The molecular formula is C20H16ClN5O3S2. The van der Waals surface area contributed by atoms with Crippen LogP contribution in [-0.2, 0) is 17.7 Å². The summed E-state index contributed by atoms with van der Waals surface area (Å²) in [6.07, 6.45) is 4.86. The van der Waals surface area contributed by atoms with Crippen LogP contribution in [0.2, 0.25) is 4.34 Å². The lowest BCUT2D eigenvalue weighted by Gasteiger charge is -2.13. The quantitative estimate of drug-likeness (QED) is 0.433. The number of hydrogen-bond acceptors (Lipinski definition) is 6. The van der Waals surface area contributed by atoms with Gasteiger partial charge in [0.2, 0.25) is 0 Å². The van der Waals surface area contributed by atoms with E-state index in [4.69, 9.17) is 11.6 Å². The number of carbonyl (C=O) groups is 1. The summed E-state index contributed by atoms with van der Waals surface area (Å²) in [5, 5.41) is 10.9. The zero-order valence-electron chi connectivity index (χ0n) is 16.2. The molecule has 3 heterocycles. The fourth-order valence-corrected chi connectivity index (χ4v) is 4.61. The summed E-state index contributed by atoms with van der Waals surface area (Å²) in [6.45, 7) is 0.177. The minimum atomic E-state index is -1.34. The summed E-state index contributed by atoms with van der Waals surface area (Å²) in [4.78, 5) is 25.3. The number of benzene rings is 1. The average Bonchev–Trinajstić information content (AvgIpc) is 3.41. The molecule has 1 aromatic carbocycles. The van der Waals surface area contributed by atoms with Crippen molar-refractivity contribution >= 4 is 40.0 Å². The number of rotatable bonds is 6. The highest BCUT2D eigenvalue weighted by Crippen LogP contribution is 2.23. The number of carbonyl (C=O) groups excluding carboxylic acids is 1. The number of nitrogens with zero attached hydrogens (tertiary/aromatic N) is 4. The van der Waals surface area contributed by atoms with Gasteiger partial charge < -0.3 is 9.87 Å². The molecule has 4 rings (SSSR count). The van der Waals surface area contributed by atoms with Crippen molar-refractivity contribution in [3.05, 3.63) is 86.2 Å². The highest BCUT2D eigenvalue weighted by atomic mass is 35.5. The Bertz CT molecular complexity index is 1300. The summed E-state index contributed by atoms with van der Waals surface area (Å²) in [5.41, 5.74) is 1.52. The van der Waals surface area contributed by atoms with Gasteiger partial charge in [-0.2, -0.15) is 0 Å². The van der Waals surface area contributed by atoms with Gasteiger partial charge in [0.1, 0.15) is 17.6 Å². The third kappa shape index (κ3) is 4.72. The summed E-state index contributed by atoms with van der Waals surface area (Å²) in [7, 11) is 0. The van der Waals surface area contributed by atoms with E-state index in [0.717, 1.165) is 0 Å². The molecule has 1 unspecified atom stereocenters. The minimum Gasteiger partial charge on any atom is -0.612 e. The van der Waals surface area contributed by atoms with E-state index < -0.39 is 11.2 Å². The normalized spacial score (nSPS) is 12.0. The third-order valence-electron chi connectivity index (χ3n) is 4.37. The lowest BCUT2D eigenvalue weighted by atomic mass is 10.2. The fourth-order valence-electron chi connectivity index (χ4n) is 2.90. The van der Waals surface area contributed by atoms with Gasteiger partial charge in [-0.15, -0.1) is 16.4 Å². The predicted molar refractivity (Wildman–Crippen MR) is 120 cm³/mol. The van der Waals surface area contributed by atoms with Gasteiger partial charge in [0.25, 0.3) is 11.5 Å². The Morgan fingerprint density at radius 2 is 2.10 bits per heavy atom. The molecule has 0 radical (unpaired) electrons. The second kappa shape index (κ2) is 9.06. The van der Waals surface area contributed by atoms with E-state index >= 15 is 0 Å². The van der Waals surface area contributed by atoms with Crippen LogP contribution in [0.5, 0.6) is 0 Å². The number of amides is 1. The van der Waals surface area contributed by atoms with Crippen molar-refractivity contribution in [1.29, 1.82) is 0 Å². The highest BCUT2D eigenvalue weighted by Gasteiger charge is 2.17. The fraction of sp³-hybridized carbons (Fsp3) is 0.100. The molecule has 3 aromatic heterocycles. The SMILES string of the molecule is C[S+]([O-])c1cc(-n2ccccc2=O)ccc1-n1cc(CNC(=O)c2ccc(Cl)s2)nn1. The molecule has 0 spiro atoms. The molecule has 0 saturated carbocycles. The Balaban J connectivity index is 1.57. The molecule has 8 nitrogen and oxygen atoms in total. The number of thiophene rings is 1. The second-order valence-electron chi connectivity index (χ2n) is 6.46. The molecule has 31 heavy (non-hydrogen) atoms. The number of nitrogens with one attached hydrogen (secondary N) is 1. The minimum absolute atomic E-state index is 0.177. The summed E-state index contributed by atoms with van der Waals surface area (Å²) < 4.78 is 15.9. The average molecular weight is 474 g/mol. The van der Waals surface area contributed by atoms with Crippen molar-refractivity contribution in [2.75, 3.05) is 6.26 Å². The molecule has 0 aliphatic heterocycles. The molecule has 0 bridgehead atoms. The van der Waals surface area contributed by atoms with Crippen LogP contribution in [-0.4, -0.2) is 36.3 Å². The molecule has 158 valence electrons. The maximum Gasteiger partial charge on any atom is 0.261 e. The molecule has 1 atom stereocenters. The van der Waals surface area contributed by atoms with Crippen LogP contribution in [0.4, 0.5) is 0 Å². The molecule has 0 fully saturated rings. The van der Waals surface area contributed by atoms with Crippen LogP contribution in [0.1, 0.15) is 15.4 Å². The van der Waals surface area contributed by atoms with E-state index in [0.29, 0.717) is 31.2 Å². The molecule has 1 amide bonds. The van der Waals surface area contributed by atoms with Crippen LogP contribution >= 0.6 is 22.9 Å². The van der Waals surface area contributed by atoms with Gasteiger partial charge in [0.05, 0.1) is 27.6 Å². The first kappa shape index (κ1) is 21.3. The smallest absolute Gasteiger partial charge is 0.261 e. The number of pyridine rings is 1. The van der Waals surface area contributed by atoms with E-state index in [1.807, 2.05) is 0 Å². The highest BCUT2D eigenvalue weighted by molar-refractivity contribution is 7.90. The third-order valence-corrected chi connectivity index (χ3v) is 6.54. The number of halogens is 1. The van der Waals surface area contributed by atoms with Gasteiger partial charge in [0.15, 0.2) is 4.90 Å². The summed E-state index contributed by atoms with van der Waals surface area (Å²) in [6, 6.07) is 13.4. The van der Waals surface area contributed by atoms with Gasteiger partial charge in [-0.3, -0.25) is 14.2 Å². The van der Waals surface area contributed by atoms with Gasteiger partial charge in [-0.1, -0.05) is 22.9 Å². The number of hydrogen-bond donors (Lipinski definition) is 1. The van der Waals surface area contributed by atoms with E-state index in [1.54, 1.807) is 61.1 Å². The molecule has 0 aliphatic carbocycles. The molecule has 11 heteroatoms. The lowest BCUT2D eigenvalue weighted by molar-refractivity contribution is 0.0954. The molecule has 4 aromatic rings. The van der Waals surface area contributed by atoms with Crippen LogP contribution in [0.25, 0.3) is 11.4 Å². The monoisotopic (exact) mass is 473 g/mol. The van der Waals surface area contributed by atoms with Crippen molar-refractivity contribution < 1.29 is 9.35 Å².